The summed E-state index contributed by atoms with van der Waals surface area (Å²) >= 11 is 3.67. The number of alkyl halides is 1. The minimum Gasteiger partial charge on any atom is -0.317 e. The molecule has 1 unspecified atom stereocenters. The summed E-state index contributed by atoms with van der Waals surface area (Å²) < 4.78 is 0. The highest BCUT2D eigenvalue weighted by Gasteiger charge is 2.52. The Morgan fingerprint density at radius 2 is 1.80 bits per heavy atom. The molecule has 0 aromatic carbocycles. The maximum absolute atomic E-state index is 3.67. The molecule has 1 saturated carbocycles. The molecule has 10 heavy (non-hydrogen) atoms. The van der Waals surface area contributed by atoms with Gasteiger partial charge in [-0.2, -0.15) is 0 Å². The van der Waals surface area contributed by atoms with Crippen LogP contribution in [0.2, 0.25) is 0 Å². The summed E-state index contributed by atoms with van der Waals surface area (Å²) in [6.45, 7) is 2.48. The third kappa shape index (κ3) is 1.34. The minimum absolute atomic E-state index is 0. The molecule has 0 bridgehead atoms. The van der Waals surface area contributed by atoms with Crippen LogP contribution >= 0.6 is 28.3 Å². The van der Waals surface area contributed by atoms with E-state index in [0.29, 0.717) is 0 Å². The number of hydrogen-bond donors (Lipinski definition) is 1. The Morgan fingerprint density at radius 1 is 1.30 bits per heavy atom. The molecule has 2 fully saturated rings. The predicted octanol–water partition coefficient (Wildman–Crippen LogP) is 1.95. The second kappa shape index (κ2) is 3.00. The lowest BCUT2D eigenvalue weighted by Crippen LogP contribution is -2.29. The summed E-state index contributed by atoms with van der Waals surface area (Å²) in [5, 5.41) is 3.38. The fourth-order valence-electron chi connectivity index (χ4n) is 1.74. The van der Waals surface area contributed by atoms with E-state index in [1.165, 1.54) is 32.4 Å². The second-order valence-corrected chi connectivity index (χ2v) is 4.39. The zero-order chi connectivity index (χ0) is 6.32. The first kappa shape index (κ1) is 8.82. The van der Waals surface area contributed by atoms with Crippen molar-refractivity contribution in [3.8, 4) is 0 Å². The standard InChI is InChI=1S/C7H12BrN.ClH/c8-6-5-7(6)1-3-9-4-2-7;/h6,9H,1-5H2;1H. The summed E-state index contributed by atoms with van der Waals surface area (Å²) in [4.78, 5) is 0.854. The molecule has 2 rings (SSSR count). The van der Waals surface area contributed by atoms with E-state index in [0.717, 1.165) is 10.2 Å². The molecule has 60 valence electrons. The van der Waals surface area contributed by atoms with Gasteiger partial charge in [-0.05, 0) is 37.8 Å². The molecule has 0 aromatic heterocycles. The van der Waals surface area contributed by atoms with Gasteiger partial charge >= 0.3 is 0 Å². The predicted molar refractivity (Wildman–Crippen MR) is 49.1 cm³/mol. The average molecular weight is 227 g/mol. The summed E-state index contributed by atoms with van der Waals surface area (Å²) in [7, 11) is 0. The van der Waals surface area contributed by atoms with Crippen LogP contribution in [0.15, 0.2) is 0 Å². The van der Waals surface area contributed by atoms with Crippen LogP contribution in [0.4, 0.5) is 0 Å². The van der Waals surface area contributed by atoms with Gasteiger partial charge in [0.25, 0.3) is 0 Å². The van der Waals surface area contributed by atoms with Gasteiger partial charge in [0.2, 0.25) is 0 Å². The number of piperidine rings is 1. The number of rotatable bonds is 0. The van der Waals surface area contributed by atoms with E-state index < -0.39 is 0 Å². The SMILES string of the molecule is BrC1CC12CCNCC2.Cl. The highest BCUT2D eigenvalue weighted by atomic mass is 79.9. The highest BCUT2D eigenvalue weighted by Crippen LogP contribution is 2.57. The summed E-state index contributed by atoms with van der Waals surface area (Å²) in [5.74, 6) is 0. The maximum atomic E-state index is 3.67. The average Bonchev–Trinajstić information content (AvgIpc) is 2.44. The van der Waals surface area contributed by atoms with Gasteiger partial charge in [-0.15, -0.1) is 12.4 Å². The molecular formula is C7H13BrClN. The van der Waals surface area contributed by atoms with Crippen molar-refractivity contribution in [3.05, 3.63) is 0 Å². The van der Waals surface area contributed by atoms with Crippen molar-refractivity contribution >= 4 is 28.3 Å². The van der Waals surface area contributed by atoms with Gasteiger partial charge in [-0.1, -0.05) is 15.9 Å². The number of halogens is 2. The Bertz CT molecular complexity index is 123. The molecule has 1 atom stereocenters. The van der Waals surface area contributed by atoms with E-state index in [-0.39, 0.29) is 12.4 Å². The molecule has 1 N–H and O–H groups in total. The first-order valence-corrected chi connectivity index (χ1v) is 4.60. The Labute approximate surface area is 76.5 Å². The van der Waals surface area contributed by atoms with Crippen LogP contribution in [-0.4, -0.2) is 17.9 Å². The quantitative estimate of drug-likeness (QED) is 0.623. The molecule has 1 spiro atoms. The Morgan fingerprint density at radius 3 is 2.10 bits per heavy atom. The van der Waals surface area contributed by atoms with Crippen molar-refractivity contribution in [3.63, 3.8) is 0 Å². The molecule has 1 saturated heterocycles. The van der Waals surface area contributed by atoms with E-state index in [9.17, 15) is 0 Å². The van der Waals surface area contributed by atoms with Crippen LogP contribution in [-0.2, 0) is 0 Å². The van der Waals surface area contributed by atoms with Crippen molar-refractivity contribution in [2.24, 2.45) is 5.41 Å². The largest absolute Gasteiger partial charge is 0.317 e. The number of nitrogens with one attached hydrogen (secondary N) is 1. The lowest BCUT2D eigenvalue weighted by atomic mass is 9.95. The third-order valence-electron chi connectivity index (χ3n) is 2.69. The molecule has 0 aromatic rings. The zero-order valence-electron chi connectivity index (χ0n) is 5.90. The molecule has 1 aliphatic heterocycles. The van der Waals surface area contributed by atoms with Crippen molar-refractivity contribution in [1.82, 2.24) is 5.32 Å². The highest BCUT2D eigenvalue weighted by molar-refractivity contribution is 9.09. The third-order valence-corrected chi connectivity index (χ3v) is 3.98. The van der Waals surface area contributed by atoms with Gasteiger partial charge in [0, 0.05) is 4.83 Å². The van der Waals surface area contributed by atoms with E-state index in [2.05, 4.69) is 21.2 Å². The fraction of sp³-hybridized carbons (Fsp3) is 1.00. The van der Waals surface area contributed by atoms with Crippen LogP contribution < -0.4 is 5.32 Å². The summed E-state index contributed by atoms with van der Waals surface area (Å²) in [5.41, 5.74) is 0.741. The van der Waals surface area contributed by atoms with Gasteiger partial charge in [-0.3, -0.25) is 0 Å². The molecule has 0 amide bonds. The smallest absolute Gasteiger partial charge is 0.0209 e. The monoisotopic (exact) mass is 225 g/mol. The molecule has 2 aliphatic rings. The van der Waals surface area contributed by atoms with E-state index in [1.807, 2.05) is 0 Å². The molecule has 1 nitrogen and oxygen atoms in total. The van der Waals surface area contributed by atoms with E-state index in [4.69, 9.17) is 0 Å². The first-order chi connectivity index (χ1) is 4.33. The topological polar surface area (TPSA) is 12.0 Å². The summed E-state index contributed by atoms with van der Waals surface area (Å²) in [6.07, 6.45) is 4.21. The van der Waals surface area contributed by atoms with Gasteiger partial charge in [0.1, 0.15) is 0 Å². The van der Waals surface area contributed by atoms with Gasteiger partial charge in [0.05, 0.1) is 0 Å². The van der Waals surface area contributed by atoms with Crippen LogP contribution in [0.5, 0.6) is 0 Å². The van der Waals surface area contributed by atoms with E-state index in [1.54, 1.807) is 0 Å². The van der Waals surface area contributed by atoms with Crippen molar-refractivity contribution < 1.29 is 0 Å². The normalized spacial score (nSPS) is 35.1. The molecule has 0 radical (unpaired) electrons. The molecule has 1 aliphatic carbocycles. The molecule has 3 heteroatoms. The number of hydrogen-bond acceptors (Lipinski definition) is 1. The van der Waals surface area contributed by atoms with Gasteiger partial charge in [0.15, 0.2) is 0 Å². The lowest BCUT2D eigenvalue weighted by molar-refractivity contribution is 0.357. The van der Waals surface area contributed by atoms with Crippen LogP contribution in [0.25, 0.3) is 0 Å². The molecular weight excluding hydrogens is 213 g/mol. The first-order valence-electron chi connectivity index (χ1n) is 3.68. The lowest BCUT2D eigenvalue weighted by Gasteiger charge is -2.21. The van der Waals surface area contributed by atoms with Gasteiger partial charge in [-0.25, -0.2) is 0 Å². The van der Waals surface area contributed by atoms with Crippen molar-refractivity contribution in [2.75, 3.05) is 13.1 Å². The maximum Gasteiger partial charge on any atom is 0.0209 e. The van der Waals surface area contributed by atoms with Crippen molar-refractivity contribution in [1.29, 1.82) is 0 Å². The fourth-order valence-corrected chi connectivity index (χ4v) is 2.84. The van der Waals surface area contributed by atoms with Gasteiger partial charge < -0.3 is 5.32 Å². The van der Waals surface area contributed by atoms with Crippen LogP contribution in [0, 0.1) is 5.41 Å². The Kier molecular flexibility index (Phi) is 2.64. The van der Waals surface area contributed by atoms with Crippen molar-refractivity contribution in [2.45, 2.75) is 24.1 Å². The zero-order valence-corrected chi connectivity index (χ0v) is 8.30. The van der Waals surface area contributed by atoms with Crippen LogP contribution in [0.1, 0.15) is 19.3 Å². The van der Waals surface area contributed by atoms with E-state index >= 15 is 0 Å². The minimum atomic E-state index is 0. The summed E-state index contributed by atoms with van der Waals surface area (Å²) in [6, 6.07) is 0. The molecule has 1 heterocycles. The Hall–Kier alpha value is 0.730. The van der Waals surface area contributed by atoms with Crippen LogP contribution in [0.3, 0.4) is 0 Å². The Balaban J connectivity index is 0.000000500. The second-order valence-electron chi connectivity index (χ2n) is 3.28.